The number of hydrogen-bond acceptors (Lipinski definition) is 4. The summed E-state index contributed by atoms with van der Waals surface area (Å²) >= 11 is 0. The summed E-state index contributed by atoms with van der Waals surface area (Å²) in [6, 6.07) is 22.2. The van der Waals surface area contributed by atoms with Gasteiger partial charge in [-0.1, -0.05) is 30.3 Å². The summed E-state index contributed by atoms with van der Waals surface area (Å²) in [4.78, 5) is 22.4. The molecule has 0 radical (unpaired) electrons. The number of carbonyl (C=O) groups excluding carboxylic acids is 1. The Morgan fingerprint density at radius 1 is 0.923 bits per heavy atom. The lowest BCUT2D eigenvalue weighted by Gasteiger charge is -2.08. The zero-order chi connectivity index (χ0) is 18.4. The van der Waals surface area contributed by atoms with Gasteiger partial charge in [0, 0.05) is 23.4 Å². The smallest absolute Gasteiger partial charge is 0.269 e. The fourth-order valence-corrected chi connectivity index (χ4v) is 2.31. The van der Waals surface area contributed by atoms with Crippen LogP contribution in [0.3, 0.4) is 0 Å². The normalized spacial score (nSPS) is 10.2. The lowest BCUT2D eigenvalue weighted by atomic mass is 10.1. The molecule has 0 saturated carbocycles. The number of ether oxygens (including phenoxy) is 1. The topological polar surface area (TPSA) is 81.5 Å². The van der Waals surface area contributed by atoms with Gasteiger partial charge in [0.2, 0.25) is 0 Å². The minimum absolute atomic E-state index is 0.0196. The molecular formula is C20H16N2O4. The molecule has 6 nitrogen and oxygen atoms in total. The third-order valence-corrected chi connectivity index (χ3v) is 3.70. The summed E-state index contributed by atoms with van der Waals surface area (Å²) in [5.74, 6) is 0.362. The Morgan fingerprint density at radius 3 is 2.19 bits per heavy atom. The van der Waals surface area contributed by atoms with Gasteiger partial charge in [0.25, 0.3) is 11.6 Å². The van der Waals surface area contributed by atoms with E-state index < -0.39 is 4.92 Å². The summed E-state index contributed by atoms with van der Waals surface area (Å²) in [5, 5.41) is 13.5. The predicted octanol–water partition coefficient (Wildman–Crippen LogP) is 4.43. The van der Waals surface area contributed by atoms with Crippen molar-refractivity contribution in [3.05, 3.63) is 100 Å². The molecule has 0 saturated heterocycles. The second-order valence-electron chi connectivity index (χ2n) is 5.56. The van der Waals surface area contributed by atoms with Crippen molar-refractivity contribution >= 4 is 17.3 Å². The van der Waals surface area contributed by atoms with Crippen molar-refractivity contribution in [3.63, 3.8) is 0 Å². The second-order valence-corrected chi connectivity index (χ2v) is 5.56. The highest BCUT2D eigenvalue weighted by Gasteiger charge is 2.07. The summed E-state index contributed by atoms with van der Waals surface area (Å²) < 4.78 is 5.60. The van der Waals surface area contributed by atoms with Crippen LogP contribution >= 0.6 is 0 Å². The number of non-ortho nitro benzene ring substituents is 1. The van der Waals surface area contributed by atoms with E-state index in [-0.39, 0.29) is 11.6 Å². The van der Waals surface area contributed by atoms with E-state index in [1.165, 1.54) is 12.1 Å². The van der Waals surface area contributed by atoms with Gasteiger partial charge in [-0.2, -0.15) is 0 Å². The molecule has 0 unspecified atom stereocenters. The molecule has 3 aromatic rings. The third-order valence-electron chi connectivity index (χ3n) is 3.70. The predicted molar refractivity (Wildman–Crippen MR) is 98.3 cm³/mol. The highest BCUT2D eigenvalue weighted by atomic mass is 16.6. The quantitative estimate of drug-likeness (QED) is 0.528. The van der Waals surface area contributed by atoms with Gasteiger partial charge in [-0.15, -0.1) is 0 Å². The largest absolute Gasteiger partial charge is 0.489 e. The first kappa shape index (κ1) is 17.2. The molecule has 0 bridgehead atoms. The van der Waals surface area contributed by atoms with Crippen LogP contribution in [0.15, 0.2) is 78.9 Å². The summed E-state index contributed by atoms with van der Waals surface area (Å²) in [6.45, 7) is 0.304. The van der Waals surface area contributed by atoms with Gasteiger partial charge in [-0.3, -0.25) is 14.9 Å². The first-order valence-electron chi connectivity index (χ1n) is 7.94. The van der Waals surface area contributed by atoms with Crippen LogP contribution in [0, 0.1) is 10.1 Å². The van der Waals surface area contributed by atoms with Gasteiger partial charge in [0.15, 0.2) is 0 Å². The van der Waals surface area contributed by atoms with Gasteiger partial charge in [0.05, 0.1) is 4.92 Å². The number of carbonyl (C=O) groups is 1. The number of nitrogens with zero attached hydrogens (tertiary/aromatic N) is 1. The van der Waals surface area contributed by atoms with Gasteiger partial charge < -0.3 is 10.1 Å². The van der Waals surface area contributed by atoms with Crippen LogP contribution in [0.1, 0.15) is 15.9 Å². The Hall–Kier alpha value is -3.67. The van der Waals surface area contributed by atoms with E-state index >= 15 is 0 Å². The number of benzene rings is 3. The number of amides is 1. The van der Waals surface area contributed by atoms with Crippen molar-refractivity contribution in [1.29, 1.82) is 0 Å². The standard InChI is InChI=1S/C20H16N2O4/c23-20(21-17-4-2-1-3-5-17)16-8-6-15(7-9-16)14-26-19-12-10-18(11-13-19)22(24)25/h1-13H,14H2,(H,21,23). The van der Waals surface area contributed by atoms with Crippen molar-refractivity contribution in [2.75, 3.05) is 5.32 Å². The molecule has 3 aromatic carbocycles. The Balaban J connectivity index is 1.57. The van der Waals surface area contributed by atoms with Crippen LogP contribution in [0.2, 0.25) is 0 Å². The van der Waals surface area contributed by atoms with Gasteiger partial charge in [-0.05, 0) is 42.0 Å². The van der Waals surface area contributed by atoms with E-state index in [4.69, 9.17) is 4.74 Å². The van der Waals surface area contributed by atoms with Crippen LogP contribution in [-0.2, 0) is 6.61 Å². The molecule has 0 fully saturated rings. The van der Waals surface area contributed by atoms with Gasteiger partial charge in [0.1, 0.15) is 12.4 Å². The zero-order valence-corrected chi connectivity index (χ0v) is 13.8. The minimum Gasteiger partial charge on any atom is -0.489 e. The molecule has 3 rings (SSSR count). The van der Waals surface area contributed by atoms with Crippen LogP contribution in [-0.4, -0.2) is 10.8 Å². The molecule has 1 amide bonds. The molecule has 0 aliphatic rings. The average Bonchev–Trinajstić information content (AvgIpc) is 2.68. The molecule has 1 N–H and O–H groups in total. The van der Waals surface area contributed by atoms with E-state index in [0.29, 0.717) is 17.9 Å². The van der Waals surface area contributed by atoms with Crippen molar-refractivity contribution in [2.24, 2.45) is 0 Å². The number of rotatable bonds is 6. The third kappa shape index (κ3) is 4.45. The van der Waals surface area contributed by atoms with E-state index in [1.807, 2.05) is 42.5 Å². The molecule has 0 spiro atoms. The van der Waals surface area contributed by atoms with E-state index in [1.54, 1.807) is 24.3 Å². The number of nitro benzene ring substituents is 1. The van der Waals surface area contributed by atoms with Crippen molar-refractivity contribution in [2.45, 2.75) is 6.61 Å². The molecule has 26 heavy (non-hydrogen) atoms. The number of para-hydroxylation sites is 1. The minimum atomic E-state index is -0.455. The van der Waals surface area contributed by atoms with Gasteiger partial charge in [-0.25, -0.2) is 0 Å². The first-order valence-corrected chi connectivity index (χ1v) is 7.94. The number of anilines is 1. The maximum absolute atomic E-state index is 12.2. The Labute approximate surface area is 150 Å². The fourth-order valence-electron chi connectivity index (χ4n) is 2.31. The Bertz CT molecular complexity index is 891. The van der Waals surface area contributed by atoms with E-state index in [0.717, 1.165) is 11.3 Å². The van der Waals surface area contributed by atoms with Crippen LogP contribution in [0.25, 0.3) is 0 Å². The molecule has 0 aromatic heterocycles. The highest BCUT2D eigenvalue weighted by molar-refractivity contribution is 6.04. The molecule has 0 heterocycles. The maximum atomic E-state index is 12.2. The lowest BCUT2D eigenvalue weighted by Crippen LogP contribution is -2.11. The molecule has 130 valence electrons. The highest BCUT2D eigenvalue weighted by Crippen LogP contribution is 2.18. The molecular weight excluding hydrogens is 332 g/mol. The number of hydrogen-bond donors (Lipinski definition) is 1. The van der Waals surface area contributed by atoms with Crippen LogP contribution in [0.5, 0.6) is 5.75 Å². The number of nitro groups is 1. The van der Waals surface area contributed by atoms with Crippen molar-refractivity contribution in [3.8, 4) is 5.75 Å². The fraction of sp³-hybridized carbons (Fsp3) is 0.0500. The molecule has 0 aliphatic carbocycles. The monoisotopic (exact) mass is 348 g/mol. The van der Waals surface area contributed by atoms with Gasteiger partial charge >= 0.3 is 0 Å². The van der Waals surface area contributed by atoms with Crippen molar-refractivity contribution < 1.29 is 14.5 Å². The van der Waals surface area contributed by atoms with E-state index in [2.05, 4.69) is 5.32 Å². The van der Waals surface area contributed by atoms with Crippen LogP contribution in [0.4, 0.5) is 11.4 Å². The SMILES string of the molecule is O=C(Nc1ccccc1)c1ccc(COc2ccc([N+](=O)[O-])cc2)cc1. The summed E-state index contributed by atoms with van der Waals surface area (Å²) in [6.07, 6.45) is 0. The zero-order valence-electron chi connectivity index (χ0n) is 13.8. The summed E-state index contributed by atoms with van der Waals surface area (Å²) in [7, 11) is 0. The second kappa shape index (κ2) is 7.94. The molecule has 0 aliphatic heterocycles. The van der Waals surface area contributed by atoms with E-state index in [9.17, 15) is 14.9 Å². The maximum Gasteiger partial charge on any atom is 0.269 e. The average molecular weight is 348 g/mol. The lowest BCUT2D eigenvalue weighted by molar-refractivity contribution is -0.384. The van der Waals surface area contributed by atoms with Crippen LogP contribution < -0.4 is 10.1 Å². The first-order chi connectivity index (χ1) is 12.6. The Morgan fingerprint density at radius 2 is 1.58 bits per heavy atom. The van der Waals surface area contributed by atoms with Crippen molar-refractivity contribution in [1.82, 2.24) is 0 Å². The Kier molecular flexibility index (Phi) is 5.24. The molecule has 6 heteroatoms. The summed E-state index contributed by atoms with van der Waals surface area (Å²) in [5.41, 5.74) is 2.20. The molecule has 0 atom stereocenters. The number of nitrogens with one attached hydrogen (secondary N) is 1.